The molecular weight excluding hydrogens is 267 g/mol. The molecule has 0 aliphatic carbocycles. The molecule has 1 aliphatic rings. The van der Waals surface area contributed by atoms with Gasteiger partial charge in [0, 0.05) is 23.5 Å². The summed E-state index contributed by atoms with van der Waals surface area (Å²) in [4.78, 5) is 8.81. The van der Waals surface area contributed by atoms with E-state index in [0.717, 1.165) is 37.5 Å². The molecule has 20 heavy (non-hydrogen) atoms. The van der Waals surface area contributed by atoms with Crippen LogP contribution < -0.4 is 5.32 Å². The minimum Gasteiger partial charge on any atom is -0.316 e. The van der Waals surface area contributed by atoms with Crippen molar-refractivity contribution in [3.63, 3.8) is 0 Å². The lowest BCUT2D eigenvalue weighted by Crippen LogP contribution is -2.11. The van der Waals surface area contributed by atoms with Crippen LogP contribution in [-0.4, -0.2) is 23.1 Å². The summed E-state index contributed by atoms with van der Waals surface area (Å²) in [5.41, 5.74) is 0.516. The van der Waals surface area contributed by atoms with E-state index < -0.39 is 11.7 Å². The number of aromatic nitrogens is 2. The van der Waals surface area contributed by atoms with E-state index in [4.69, 9.17) is 0 Å². The Bertz CT molecular complexity index is 646. The molecule has 0 saturated carbocycles. The smallest absolute Gasteiger partial charge is 0.316 e. The number of rotatable bonds is 1. The molecule has 1 saturated heterocycles. The molecule has 0 amide bonds. The van der Waals surface area contributed by atoms with E-state index in [9.17, 15) is 13.2 Å². The maximum Gasteiger partial charge on any atom is 0.416 e. The highest BCUT2D eigenvalue weighted by Gasteiger charge is 2.31. The Labute approximate surface area is 114 Å². The predicted molar refractivity (Wildman–Crippen MR) is 69.5 cm³/mol. The van der Waals surface area contributed by atoms with Crippen molar-refractivity contribution in [2.75, 3.05) is 13.1 Å². The SMILES string of the molecule is Cc1nc(C2CCNC2)nc2ccc(C(F)(F)F)cc12. The van der Waals surface area contributed by atoms with Crippen molar-refractivity contribution >= 4 is 10.9 Å². The highest BCUT2D eigenvalue weighted by molar-refractivity contribution is 5.81. The largest absolute Gasteiger partial charge is 0.416 e. The van der Waals surface area contributed by atoms with Crippen molar-refractivity contribution in [3.8, 4) is 0 Å². The van der Waals surface area contributed by atoms with Gasteiger partial charge in [0.1, 0.15) is 5.82 Å². The first-order chi connectivity index (χ1) is 9.45. The molecule has 1 aliphatic heterocycles. The average molecular weight is 281 g/mol. The Morgan fingerprint density at radius 2 is 2.05 bits per heavy atom. The fourth-order valence-electron chi connectivity index (χ4n) is 2.54. The summed E-state index contributed by atoms with van der Waals surface area (Å²) in [6, 6.07) is 3.63. The second kappa shape index (κ2) is 4.70. The van der Waals surface area contributed by atoms with E-state index in [1.165, 1.54) is 6.07 Å². The van der Waals surface area contributed by atoms with Gasteiger partial charge in [-0.1, -0.05) is 0 Å². The molecule has 106 valence electrons. The maximum atomic E-state index is 12.7. The third-order valence-corrected chi connectivity index (χ3v) is 3.66. The molecular formula is C14H14F3N3. The van der Waals surface area contributed by atoms with Crippen molar-refractivity contribution < 1.29 is 13.2 Å². The zero-order chi connectivity index (χ0) is 14.3. The van der Waals surface area contributed by atoms with Crippen molar-refractivity contribution in [1.82, 2.24) is 15.3 Å². The lowest BCUT2D eigenvalue weighted by atomic mass is 10.1. The summed E-state index contributed by atoms with van der Waals surface area (Å²) in [7, 11) is 0. The molecule has 1 unspecified atom stereocenters. The molecule has 6 heteroatoms. The van der Waals surface area contributed by atoms with Gasteiger partial charge in [0.05, 0.1) is 11.1 Å². The van der Waals surface area contributed by atoms with Crippen LogP contribution in [0.25, 0.3) is 10.9 Å². The fraction of sp³-hybridized carbons (Fsp3) is 0.429. The molecule has 0 bridgehead atoms. The standard InChI is InChI=1S/C14H14F3N3/c1-8-11-6-10(14(15,16)17)2-3-12(11)20-13(19-8)9-4-5-18-7-9/h2-3,6,9,18H,4-5,7H2,1H3. The molecule has 1 aromatic heterocycles. The third kappa shape index (κ3) is 2.35. The number of benzene rings is 1. The Morgan fingerprint density at radius 3 is 2.70 bits per heavy atom. The average Bonchev–Trinajstić information content (AvgIpc) is 2.91. The van der Waals surface area contributed by atoms with E-state index in [-0.39, 0.29) is 5.92 Å². The summed E-state index contributed by atoms with van der Waals surface area (Å²) in [6.07, 6.45) is -3.37. The number of hydrogen-bond acceptors (Lipinski definition) is 3. The summed E-state index contributed by atoms with van der Waals surface area (Å²) in [5.74, 6) is 0.972. The summed E-state index contributed by atoms with van der Waals surface area (Å²) < 4.78 is 38.2. The summed E-state index contributed by atoms with van der Waals surface area (Å²) in [6.45, 7) is 3.49. The van der Waals surface area contributed by atoms with Crippen LogP contribution >= 0.6 is 0 Å². The third-order valence-electron chi connectivity index (χ3n) is 3.66. The van der Waals surface area contributed by atoms with Crippen LogP contribution in [0.15, 0.2) is 18.2 Å². The number of halogens is 3. The molecule has 0 radical (unpaired) electrons. The zero-order valence-electron chi connectivity index (χ0n) is 11.0. The minimum absolute atomic E-state index is 0.250. The molecule has 1 aromatic carbocycles. The van der Waals surface area contributed by atoms with Crippen LogP contribution in [0.4, 0.5) is 13.2 Å². The van der Waals surface area contributed by atoms with Crippen LogP contribution in [0.2, 0.25) is 0 Å². The highest BCUT2D eigenvalue weighted by atomic mass is 19.4. The van der Waals surface area contributed by atoms with Crippen LogP contribution in [-0.2, 0) is 6.18 Å². The Balaban J connectivity index is 2.09. The summed E-state index contributed by atoms with van der Waals surface area (Å²) >= 11 is 0. The van der Waals surface area contributed by atoms with E-state index in [1.807, 2.05) is 0 Å². The van der Waals surface area contributed by atoms with Crippen LogP contribution in [0.5, 0.6) is 0 Å². The molecule has 2 aromatic rings. The summed E-state index contributed by atoms with van der Waals surface area (Å²) in [5, 5.41) is 3.71. The van der Waals surface area contributed by atoms with Crippen molar-refractivity contribution in [3.05, 3.63) is 35.3 Å². The zero-order valence-corrected chi connectivity index (χ0v) is 11.0. The van der Waals surface area contributed by atoms with Gasteiger partial charge >= 0.3 is 6.18 Å². The molecule has 1 N–H and O–H groups in total. The van der Waals surface area contributed by atoms with Gasteiger partial charge < -0.3 is 5.32 Å². The molecule has 1 atom stereocenters. The highest BCUT2D eigenvalue weighted by Crippen LogP contribution is 2.32. The first-order valence-electron chi connectivity index (χ1n) is 6.51. The number of aryl methyl sites for hydroxylation is 1. The lowest BCUT2D eigenvalue weighted by molar-refractivity contribution is -0.137. The normalized spacial score (nSPS) is 19.7. The van der Waals surface area contributed by atoms with E-state index in [1.54, 1.807) is 6.92 Å². The van der Waals surface area contributed by atoms with Gasteiger partial charge in [-0.05, 0) is 38.1 Å². The van der Waals surface area contributed by atoms with Gasteiger partial charge in [0.25, 0.3) is 0 Å². The molecule has 0 spiro atoms. The first kappa shape index (κ1) is 13.3. The first-order valence-corrected chi connectivity index (χ1v) is 6.51. The second-order valence-electron chi connectivity index (χ2n) is 5.09. The maximum absolute atomic E-state index is 12.7. The van der Waals surface area contributed by atoms with Crippen molar-refractivity contribution in [2.24, 2.45) is 0 Å². The van der Waals surface area contributed by atoms with E-state index in [0.29, 0.717) is 16.6 Å². The Hall–Kier alpha value is -1.69. The van der Waals surface area contributed by atoms with Crippen LogP contribution in [0, 0.1) is 6.92 Å². The molecule has 2 heterocycles. The monoisotopic (exact) mass is 281 g/mol. The van der Waals surface area contributed by atoms with Crippen LogP contribution in [0.1, 0.15) is 29.4 Å². The van der Waals surface area contributed by atoms with Crippen molar-refractivity contribution in [2.45, 2.75) is 25.4 Å². The molecule has 3 nitrogen and oxygen atoms in total. The number of nitrogens with one attached hydrogen (secondary N) is 1. The van der Waals surface area contributed by atoms with Gasteiger partial charge in [-0.3, -0.25) is 0 Å². The minimum atomic E-state index is -4.34. The van der Waals surface area contributed by atoms with Gasteiger partial charge in [-0.15, -0.1) is 0 Å². The number of nitrogens with zero attached hydrogens (tertiary/aromatic N) is 2. The fourth-order valence-corrected chi connectivity index (χ4v) is 2.54. The number of hydrogen-bond donors (Lipinski definition) is 1. The van der Waals surface area contributed by atoms with E-state index >= 15 is 0 Å². The predicted octanol–water partition coefficient (Wildman–Crippen LogP) is 3.03. The molecule has 3 rings (SSSR count). The van der Waals surface area contributed by atoms with Gasteiger partial charge in [0.2, 0.25) is 0 Å². The van der Waals surface area contributed by atoms with Crippen LogP contribution in [0.3, 0.4) is 0 Å². The number of alkyl halides is 3. The second-order valence-corrected chi connectivity index (χ2v) is 5.09. The van der Waals surface area contributed by atoms with Gasteiger partial charge in [-0.25, -0.2) is 9.97 Å². The van der Waals surface area contributed by atoms with E-state index in [2.05, 4.69) is 15.3 Å². The van der Waals surface area contributed by atoms with Gasteiger partial charge in [0.15, 0.2) is 0 Å². The van der Waals surface area contributed by atoms with Gasteiger partial charge in [-0.2, -0.15) is 13.2 Å². The van der Waals surface area contributed by atoms with Crippen molar-refractivity contribution in [1.29, 1.82) is 0 Å². The lowest BCUT2D eigenvalue weighted by Gasteiger charge is -2.12. The quantitative estimate of drug-likeness (QED) is 0.873. The molecule has 1 fully saturated rings. The Kier molecular flexibility index (Phi) is 3.12. The Morgan fingerprint density at radius 1 is 1.25 bits per heavy atom. The number of fused-ring (bicyclic) bond motifs is 1. The topological polar surface area (TPSA) is 37.8 Å².